The van der Waals surface area contributed by atoms with E-state index in [4.69, 9.17) is 0 Å². The lowest BCUT2D eigenvalue weighted by molar-refractivity contribution is 0.535. The summed E-state index contributed by atoms with van der Waals surface area (Å²) in [6.07, 6.45) is 5.11. The lowest BCUT2D eigenvalue weighted by atomic mass is 10.1. The highest BCUT2D eigenvalue weighted by molar-refractivity contribution is 5.13. The number of pyridine rings is 1. The zero-order valence-electron chi connectivity index (χ0n) is 8.90. The van der Waals surface area contributed by atoms with E-state index in [0.29, 0.717) is 6.04 Å². The van der Waals surface area contributed by atoms with E-state index < -0.39 is 0 Å². The monoisotopic (exact) mass is 190 g/mol. The van der Waals surface area contributed by atoms with Gasteiger partial charge >= 0.3 is 0 Å². The molecule has 3 unspecified atom stereocenters. The minimum Gasteiger partial charge on any atom is -0.310 e. The molecule has 2 heteroatoms. The average Bonchev–Trinajstić information content (AvgIpc) is 2.92. The molecular formula is C12H18N2. The maximum absolute atomic E-state index is 4.02. The molecule has 1 fully saturated rings. The number of hydrogen-bond donors (Lipinski definition) is 1. The van der Waals surface area contributed by atoms with E-state index in [1.54, 1.807) is 0 Å². The van der Waals surface area contributed by atoms with Gasteiger partial charge in [0.15, 0.2) is 0 Å². The number of nitrogens with zero attached hydrogens (tertiary/aromatic N) is 1. The van der Waals surface area contributed by atoms with Crippen molar-refractivity contribution >= 4 is 0 Å². The Morgan fingerprint density at radius 1 is 1.50 bits per heavy atom. The summed E-state index contributed by atoms with van der Waals surface area (Å²) in [7, 11) is 0. The van der Waals surface area contributed by atoms with E-state index in [2.05, 4.69) is 36.3 Å². The molecule has 0 aliphatic heterocycles. The van der Waals surface area contributed by atoms with Crippen LogP contribution in [0.15, 0.2) is 24.5 Å². The van der Waals surface area contributed by atoms with Crippen molar-refractivity contribution in [2.45, 2.75) is 26.3 Å². The van der Waals surface area contributed by atoms with Gasteiger partial charge in [0.2, 0.25) is 0 Å². The van der Waals surface area contributed by atoms with Gasteiger partial charge in [-0.3, -0.25) is 4.98 Å². The Hall–Kier alpha value is -0.890. The first kappa shape index (κ1) is 9.66. The molecule has 1 aromatic rings. The summed E-state index contributed by atoms with van der Waals surface area (Å²) >= 11 is 0. The topological polar surface area (TPSA) is 24.9 Å². The van der Waals surface area contributed by atoms with Crippen LogP contribution in [0.5, 0.6) is 0 Å². The third-order valence-corrected chi connectivity index (χ3v) is 3.17. The number of nitrogens with one attached hydrogen (secondary N) is 1. The van der Waals surface area contributed by atoms with Crippen molar-refractivity contribution in [2.24, 2.45) is 11.8 Å². The van der Waals surface area contributed by atoms with Crippen LogP contribution < -0.4 is 5.32 Å². The van der Waals surface area contributed by atoms with Crippen LogP contribution in [0.4, 0.5) is 0 Å². The van der Waals surface area contributed by atoms with Crippen molar-refractivity contribution in [3.63, 3.8) is 0 Å². The average molecular weight is 190 g/mol. The highest BCUT2D eigenvalue weighted by Gasteiger charge is 2.32. The number of hydrogen-bond acceptors (Lipinski definition) is 2. The van der Waals surface area contributed by atoms with Crippen molar-refractivity contribution in [3.05, 3.63) is 30.1 Å². The Morgan fingerprint density at radius 3 is 2.71 bits per heavy atom. The molecule has 3 atom stereocenters. The summed E-state index contributed by atoms with van der Waals surface area (Å²) in [5, 5.41) is 3.56. The van der Waals surface area contributed by atoms with Gasteiger partial charge in [-0.05, 0) is 49.4 Å². The molecule has 1 N–H and O–H groups in total. The predicted octanol–water partition coefficient (Wildman–Crippen LogP) is 2.39. The Bertz CT molecular complexity index is 284. The van der Waals surface area contributed by atoms with Gasteiger partial charge in [-0.15, -0.1) is 0 Å². The molecular weight excluding hydrogens is 172 g/mol. The van der Waals surface area contributed by atoms with Gasteiger partial charge in [-0.1, -0.05) is 6.92 Å². The van der Waals surface area contributed by atoms with Gasteiger partial charge < -0.3 is 5.32 Å². The molecule has 1 heterocycles. The molecule has 0 amide bonds. The smallest absolute Gasteiger partial charge is 0.0293 e. The normalized spacial score (nSPS) is 27.3. The number of aromatic nitrogens is 1. The Morgan fingerprint density at radius 2 is 2.14 bits per heavy atom. The van der Waals surface area contributed by atoms with Crippen LogP contribution in [0.1, 0.15) is 31.9 Å². The standard InChI is InChI=1S/C12H18N2/c1-9-7-12(9)8-14-10(2)11-3-5-13-6-4-11/h3-6,9-10,12,14H,7-8H2,1-2H3. The van der Waals surface area contributed by atoms with Crippen molar-refractivity contribution in [1.82, 2.24) is 10.3 Å². The van der Waals surface area contributed by atoms with E-state index in [9.17, 15) is 0 Å². The highest BCUT2D eigenvalue weighted by Crippen LogP contribution is 2.37. The first-order valence-electron chi connectivity index (χ1n) is 5.40. The molecule has 1 aliphatic carbocycles. The van der Waals surface area contributed by atoms with Crippen LogP contribution in [-0.4, -0.2) is 11.5 Å². The van der Waals surface area contributed by atoms with Crippen molar-refractivity contribution < 1.29 is 0 Å². The van der Waals surface area contributed by atoms with E-state index in [1.807, 2.05) is 12.4 Å². The fourth-order valence-electron chi connectivity index (χ4n) is 1.78. The summed E-state index contributed by atoms with van der Waals surface area (Å²) < 4.78 is 0. The summed E-state index contributed by atoms with van der Waals surface area (Å²) in [5.41, 5.74) is 1.33. The lowest BCUT2D eigenvalue weighted by Crippen LogP contribution is -2.21. The zero-order chi connectivity index (χ0) is 9.97. The van der Waals surface area contributed by atoms with Crippen LogP contribution in [0.2, 0.25) is 0 Å². The maximum atomic E-state index is 4.02. The van der Waals surface area contributed by atoms with Crippen LogP contribution in [0.25, 0.3) is 0 Å². The summed E-state index contributed by atoms with van der Waals surface area (Å²) in [6, 6.07) is 4.60. The zero-order valence-corrected chi connectivity index (χ0v) is 8.90. The highest BCUT2D eigenvalue weighted by atomic mass is 14.9. The summed E-state index contributed by atoms with van der Waals surface area (Å²) in [6.45, 7) is 5.69. The molecule has 0 aromatic carbocycles. The SMILES string of the molecule is CC(NCC1CC1C)c1ccncc1. The van der Waals surface area contributed by atoms with Crippen molar-refractivity contribution in [3.8, 4) is 0 Å². The molecule has 1 aromatic heterocycles. The molecule has 1 aliphatic rings. The van der Waals surface area contributed by atoms with Gasteiger partial charge in [0, 0.05) is 18.4 Å². The molecule has 14 heavy (non-hydrogen) atoms. The van der Waals surface area contributed by atoms with Crippen LogP contribution >= 0.6 is 0 Å². The predicted molar refractivity (Wildman–Crippen MR) is 57.9 cm³/mol. The van der Waals surface area contributed by atoms with Crippen LogP contribution in [-0.2, 0) is 0 Å². The molecule has 2 nitrogen and oxygen atoms in total. The summed E-state index contributed by atoms with van der Waals surface area (Å²) in [4.78, 5) is 4.02. The second kappa shape index (κ2) is 4.09. The minimum atomic E-state index is 0.450. The molecule has 76 valence electrons. The Balaban J connectivity index is 1.81. The van der Waals surface area contributed by atoms with Crippen LogP contribution in [0.3, 0.4) is 0 Å². The minimum absolute atomic E-state index is 0.450. The summed E-state index contributed by atoms with van der Waals surface area (Å²) in [5.74, 6) is 1.85. The Labute approximate surface area is 85.7 Å². The lowest BCUT2D eigenvalue weighted by Gasteiger charge is -2.13. The van der Waals surface area contributed by atoms with E-state index in [1.165, 1.54) is 12.0 Å². The van der Waals surface area contributed by atoms with Crippen molar-refractivity contribution in [1.29, 1.82) is 0 Å². The van der Waals surface area contributed by atoms with Crippen LogP contribution in [0, 0.1) is 11.8 Å². The quantitative estimate of drug-likeness (QED) is 0.788. The largest absolute Gasteiger partial charge is 0.310 e. The van der Waals surface area contributed by atoms with E-state index >= 15 is 0 Å². The fourth-order valence-corrected chi connectivity index (χ4v) is 1.78. The second-order valence-electron chi connectivity index (χ2n) is 4.38. The van der Waals surface area contributed by atoms with Gasteiger partial charge in [0.25, 0.3) is 0 Å². The van der Waals surface area contributed by atoms with E-state index in [-0.39, 0.29) is 0 Å². The molecule has 0 radical (unpaired) electrons. The molecule has 2 rings (SSSR count). The molecule has 0 bridgehead atoms. The molecule has 0 spiro atoms. The van der Waals surface area contributed by atoms with Gasteiger partial charge in [0.05, 0.1) is 0 Å². The van der Waals surface area contributed by atoms with Crippen molar-refractivity contribution in [2.75, 3.05) is 6.54 Å². The third kappa shape index (κ3) is 2.32. The van der Waals surface area contributed by atoms with Gasteiger partial charge in [-0.2, -0.15) is 0 Å². The Kier molecular flexibility index (Phi) is 2.82. The fraction of sp³-hybridized carbons (Fsp3) is 0.583. The van der Waals surface area contributed by atoms with E-state index in [0.717, 1.165) is 18.4 Å². The number of rotatable bonds is 4. The second-order valence-corrected chi connectivity index (χ2v) is 4.38. The first-order valence-corrected chi connectivity index (χ1v) is 5.40. The molecule has 0 saturated heterocycles. The first-order chi connectivity index (χ1) is 6.77. The third-order valence-electron chi connectivity index (χ3n) is 3.17. The van der Waals surface area contributed by atoms with Gasteiger partial charge in [-0.25, -0.2) is 0 Å². The van der Waals surface area contributed by atoms with Gasteiger partial charge in [0.1, 0.15) is 0 Å². The maximum Gasteiger partial charge on any atom is 0.0293 e. The molecule has 1 saturated carbocycles.